The van der Waals surface area contributed by atoms with Crippen molar-refractivity contribution >= 4 is 17.6 Å². The molecule has 1 aromatic heterocycles. The van der Waals surface area contributed by atoms with Crippen LogP contribution in [0.2, 0.25) is 0 Å². The molecule has 2 aromatic rings. The first kappa shape index (κ1) is 19.1. The van der Waals surface area contributed by atoms with Crippen LogP contribution in [0.25, 0.3) is 0 Å². The summed E-state index contributed by atoms with van der Waals surface area (Å²) in [6.07, 6.45) is 4.12. The Bertz CT molecular complexity index is 743. The highest BCUT2D eigenvalue weighted by Gasteiger charge is 2.20. The van der Waals surface area contributed by atoms with Crippen molar-refractivity contribution in [1.82, 2.24) is 20.2 Å². The van der Waals surface area contributed by atoms with Gasteiger partial charge in [-0.05, 0) is 25.0 Å². The number of imidazole rings is 1. The Labute approximate surface area is 162 Å². The predicted molar refractivity (Wildman–Crippen MR) is 113 cm³/mol. The number of nitrogens with one attached hydrogen (secondary N) is 2. The molecule has 0 unspecified atom stereocenters. The maximum Gasteiger partial charge on any atom is 0.204 e. The van der Waals surface area contributed by atoms with Gasteiger partial charge in [0.1, 0.15) is 0 Å². The molecule has 0 aliphatic carbocycles. The molecular weight excluding hydrogens is 338 g/mol. The highest BCUT2D eigenvalue weighted by atomic mass is 15.3. The number of hydrogen-bond acceptors (Lipinski definition) is 4. The fourth-order valence-corrected chi connectivity index (χ4v) is 3.50. The average molecular weight is 370 g/mol. The van der Waals surface area contributed by atoms with Crippen LogP contribution >= 0.6 is 0 Å². The van der Waals surface area contributed by atoms with E-state index in [0.717, 1.165) is 43.5 Å². The SMILES string of the molecule is CN=C(NCc1cnc(N(C)C)n1C)NC1CCN(c2ccccc2)CC1. The first-order valence-corrected chi connectivity index (χ1v) is 9.53. The molecule has 1 saturated heterocycles. The lowest BCUT2D eigenvalue weighted by molar-refractivity contribution is 0.461. The van der Waals surface area contributed by atoms with Crippen LogP contribution < -0.4 is 20.4 Å². The lowest BCUT2D eigenvalue weighted by atomic mass is 10.0. The smallest absolute Gasteiger partial charge is 0.204 e. The predicted octanol–water partition coefficient (Wildman–Crippen LogP) is 1.82. The van der Waals surface area contributed by atoms with Crippen molar-refractivity contribution in [2.24, 2.45) is 12.0 Å². The summed E-state index contributed by atoms with van der Waals surface area (Å²) in [5.74, 6) is 1.80. The number of aromatic nitrogens is 2. The second-order valence-corrected chi connectivity index (χ2v) is 7.17. The molecule has 146 valence electrons. The summed E-state index contributed by atoms with van der Waals surface area (Å²) in [5.41, 5.74) is 2.44. The summed E-state index contributed by atoms with van der Waals surface area (Å²) in [6.45, 7) is 2.82. The van der Waals surface area contributed by atoms with Crippen LogP contribution in [0.3, 0.4) is 0 Å². The molecule has 2 heterocycles. The molecule has 1 aromatic carbocycles. The standard InChI is InChI=1S/C20H31N7/c1-21-19(22-14-18-15-23-20(25(2)3)26(18)4)24-16-10-12-27(13-11-16)17-8-6-5-7-9-17/h5-9,15-16H,10-14H2,1-4H3,(H2,21,22,24). The van der Waals surface area contributed by atoms with E-state index in [4.69, 9.17) is 0 Å². The average Bonchev–Trinajstić information content (AvgIpc) is 3.07. The van der Waals surface area contributed by atoms with Gasteiger partial charge in [0.15, 0.2) is 5.96 Å². The molecule has 0 saturated carbocycles. The van der Waals surface area contributed by atoms with Gasteiger partial charge in [-0.15, -0.1) is 0 Å². The molecule has 2 N–H and O–H groups in total. The number of para-hydroxylation sites is 1. The zero-order valence-electron chi connectivity index (χ0n) is 16.8. The molecule has 1 aliphatic heterocycles. The van der Waals surface area contributed by atoms with Gasteiger partial charge in [0.05, 0.1) is 18.4 Å². The Kier molecular flexibility index (Phi) is 6.21. The molecule has 3 rings (SSSR count). The van der Waals surface area contributed by atoms with Crippen molar-refractivity contribution in [3.05, 3.63) is 42.2 Å². The van der Waals surface area contributed by atoms with Crippen LogP contribution in [0.15, 0.2) is 41.5 Å². The monoisotopic (exact) mass is 369 g/mol. The molecule has 27 heavy (non-hydrogen) atoms. The fraction of sp³-hybridized carbons (Fsp3) is 0.500. The van der Waals surface area contributed by atoms with E-state index < -0.39 is 0 Å². The number of nitrogens with zero attached hydrogens (tertiary/aromatic N) is 5. The number of hydrogen-bond donors (Lipinski definition) is 2. The van der Waals surface area contributed by atoms with Gasteiger partial charge in [0, 0.05) is 53.0 Å². The minimum Gasteiger partial charge on any atom is -0.371 e. The van der Waals surface area contributed by atoms with Crippen molar-refractivity contribution < 1.29 is 0 Å². The molecule has 7 nitrogen and oxygen atoms in total. The van der Waals surface area contributed by atoms with Gasteiger partial charge in [-0.2, -0.15) is 0 Å². The topological polar surface area (TPSA) is 60.7 Å². The lowest BCUT2D eigenvalue weighted by Crippen LogP contribution is -2.48. The Morgan fingerprint density at radius 1 is 1.22 bits per heavy atom. The second kappa shape index (κ2) is 8.79. The molecular formula is C20H31N7. The summed E-state index contributed by atoms with van der Waals surface area (Å²) in [6, 6.07) is 11.1. The van der Waals surface area contributed by atoms with Crippen molar-refractivity contribution in [2.45, 2.75) is 25.4 Å². The van der Waals surface area contributed by atoms with E-state index in [-0.39, 0.29) is 0 Å². The molecule has 0 radical (unpaired) electrons. The third-order valence-corrected chi connectivity index (χ3v) is 5.08. The summed E-state index contributed by atoms with van der Waals surface area (Å²) >= 11 is 0. The Morgan fingerprint density at radius 2 is 1.93 bits per heavy atom. The number of benzene rings is 1. The minimum absolute atomic E-state index is 0.444. The molecule has 7 heteroatoms. The number of rotatable bonds is 5. The first-order valence-electron chi connectivity index (χ1n) is 9.53. The van der Waals surface area contributed by atoms with E-state index in [1.54, 1.807) is 0 Å². The third-order valence-electron chi connectivity index (χ3n) is 5.08. The zero-order valence-corrected chi connectivity index (χ0v) is 16.8. The van der Waals surface area contributed by atoms with Gasteiger partial charge in [-0.25, -0.2) is 4.98 Å². The number of aliphatic imine (C=N–C) groups is 1. The molecule has 0 bridgehead atoms. The Balaban J connectivity index is 1.49. The highest BCUT2D eigenvalue weighted by Crippen LogP contribution is 2.19. The summed E-state index contributed by atoms with van der Waals surface area (Å²) < 4.78 is 2.10. The van der Waals surface area contributed by atoms with Crippen molar-refractivity contribution in [3.8, 4) is 0 Å². The number of anilines is 2. The summed E-state index contributed by atoms with van der Waals surface area (Å²) in [7, 11) is 7.86. The van der Waals surface area contributed by atoms with Gasteiger partial charge in [0.25, 0.3) is 0 Å². The molecule has 0 spiro atoms. The van der Waals surface area contributed by atoms with Crippen molar-refractivity contribution in [2.75, 3.05) is 44.0 Å². The van der Waals surface area contributed by atoms with Crippen molar-refractivity contribution in [3.63, 3.8) is 0 Å². The van der Waals surface area contributed by atoms with Crippen LogP contribution in [-0.2, 0) is 13.6 Å². The fourth-order valence-electron chi connectivity index (χ4n) is 3.50. The van der Waals surface area contributed by atoms with E-state index in [1.165, 1.54) is 5.69 Å². The quantitative estimate of drug-likeness (QED) is 0.622. The summed E-state index contributed by atoms with van der Waals surface area (Å²) in [4.78, 5) is 13.3. The third kappa shape index (κ3) is 4.72. The minimum atomic E-state index is 0.444. The molecule has 1 aliphatic rings. The molecule has 1 fully saturated rings. The van der Waals surface area contributed by atoms with E-state index in [2.05, 4.69) is 60.4 Å². The zero-order chi connectivity index (χ0) is 19.2. The van der Waals surface area contributed by atoms with E-state index in [0.29, 0.717) is 12.6 Å². The number of piperidine rings is 1. The van der Waals surface area contributed by atoms with E-state index >= 15 is 0 Å². The Morgan fingerprint density at radius 3 is 2.52 bits per heavy atom. The van der Waals surface area contributed by atoms with Crippen LogP contribution in [0.4, 0.5) is 11.6 Å². The lowest BCUT2D eigenvalue weighted by Gasteiger charge is -2.34. The molecule has 0 amide bonds. The van der Waals surface area contributed by atoms with Gasteiger partial charge < -0.3 is 25.0 Å². The summed E-state index contributed by atoms with van der Waals surface area (Å²) in [5, 5.41) is 6.98. The van der Waals surface area contributed by atoms with Crippen molar-refractivity contribution in [1.29, 1.82) is 0 Å². The normalized spacial score (nSPS) is 15.7. The van der Waals surface area contributed by atoms with E-state index in [1.807, 2.05) is 39.3 Å². The second-order valence-electron chi connectivity index (χ2n) is 7.17. The van der Waals surface area contributed by atoms with Crippen LogP contribution in [0.5, 0.6) is 0 Å². The van der Waals surface area contributed by atoms with Gasteiger partial charge in [-0.1, -0.05) is 18.2 Å². The van der Waals surface area contributed by atoms with Gasteiger partial charge in [0.2, 0.25) is 5.95 Å². The Hall–Kier alpha value is -2.70. The largest absolute Gasteiger partial charge is 0.371 e. The first-order chi connectivity index (χ1) is 13.1. The highest BCUT2D eigenvalue weighted by molar-refractivity contribution is 5.80. The van der Waals surface area contributed by atoms with E-state index in [9.17, 15) is 0 Å². The van der Waals surface area contributed by atoms with Crippen LogP contribution in [0, 0.1) is 0 Å². The van der Waals surface area contributed by atoms with Gasteiger partial charge in [-0.3, -0.25) is 4.99 Å². The molecule has 0 atom stereocenters. The van der Waals surface area contributed by atoms with Gasteiger partial charge >= 0.3 is 0 Å². The van der Waals surface area contributed by atoms with Crippen LogP contribution in [0.1, 0.15) is 18.5 Å². The maximum atomic E-state index is 4.45. The number of guanidine groups is 1. The van der Waals surface area contributed by atoms with Crippen LogP contribution in [-0.4, -0.2) is 55.8 Å². The maximum absolute atomic E-state index is 4.45.